The van der Waals surface area contributed by atoms with Crippen molar-refractivity contribution in [3.05, 3.63) is 35.2 Å². The topological polar surface area (TPSA) is 46.0 Å². The fraction of sp³-hybridized carbons (Fsp3) is 0.474. The van der Waals surface area contributed by atoms with Gasteiger partial charge in [-0.2, -0.15) is 13.2 Å². The minimum Gasteiger partial charge on any atom is -0.327 e. The third kappa shape index (κ3) is 3.03. The number of nitrogens with zero attached hydrogens (tertiary/aromatic N) is 4. The number of rotatable bonds is 3. The number of benzene rings is 1. The van der Waals surface area contributed by atoms with Crippen LogP contribution in [0.2, 0.25) is 5.15 Å². The maximum atomic E-state index is 13.1. The second kappa shape index (κ2) is 6.30. The van der Waals surface area contributed by atoms with Crippen molar-refractivity contribution in [1.29, 1.82) is 0 Å². The van der Waals surface area contributed by atoms with Crippen LogP contribution in [0.4, 0.5) is 13.2 Å². The lowest BCUT2D eigenvalue weighted by atomic mass is 9.88. The maximum absolute atomic E-state index is 13.1. The van der Waals surface area contributed by atoms with E-state index in [1.807, 2.05) is 12.1 Å². The molecule has 0 amide bonds. The molecule has 1 N–H and O–H groups in total. The summed E-state index contributed by atoms with van der Waals surface area (Å²) in [6.07, 6.45) is -0.640. The molecule has 0 unspecified atom stereocenters. The summed E-state index contributed by atoms with van der Waals surface area (Å²) in [5.74, 6) is 0. The Hall–Kier alpha value is -1.90. The van der Waals surface area contributed by atoms with Gasteiger partial charge in [0.15, 0.2) is 5.15 Å². The SMILES string of the molecule is FC(F)(F)Cn1c2ccc(CN3CC4(CCCN4)C3)cc2c2ncnc(Cl)c21. The van der Waals surface area contributed by atoms with E-state index in [-0.39, 0.29) is 16.2 Å². The van der Waals surface area contributed by atoms with Crippen molar-refractivity contribution in [2.45, 2.75) is 37.6 Å². The Kier molecular flexibility index (Phi) is 4.08. The summed E-state index contributed by atoms with van der Waals surface area (Å²) >= 11 is 6.13. The van der Waals surface area contributed by atoms with E-state index in [0.717, 1.165) is 36.3 Å². The summed E-state index contributed by atoms with van der Waals surface area (Å²) in [6, 6.07) is 5.56. The number of hydrogen-bond acceptors (Lipinski definition) is 4. The number of aromatic nitrogens is 3. The smallest absolute Gasteiger partial charge is 0.327 e. The first-order chi connectivity index (χ1) is 13.3. The number of halogens is 4. The van der Waals surface area contributed by atoms with Crippen LogP contribution in [0.25, 0.3) is 21.9 Å². The third-order valence-electron chi connectivity index (χ3n) is 5.78. The summed E-state index contributed by atoms with van der Waals surface area (Å²) in [7, 11) is 0. The van der Waals surface area contributed by atoms with Gasteiger partial charge in [-0.05, 0) is 37.1 Å². The number of alkyl halides is 3. The molecule has 0 bridgehead atoms. The lowest BCUT2D eigenvalue weighted by Crippen LogP contribution is -2.66. The van der Waals surface area contributed by atoms with E-state index < -0.39 is 12.7 Å². The molecule has 2 aromatic heterocycles. The van der Waals surface area contributed by atoms with E-state index in [9.17, 15) is 13.2 Å². The first-order valence-corrected chi connectivity index (χ1v) is 9.67. The van der Waals surface area contributed by atoms with Crippen molar-refractivity contribution in [3.63, 3.8) is 0 Å². The molecule has 0 atom stereocenters. The normalized spacial score (nSPS) is 19.7. The van der Waals surface area contributed by atoms with Crippen LogP contribution in [0.15, 0.2) is 24.5 Å². The van der Waals surface area contributed by atoms with Crippen LogP contribution in [0.3, 0.4) is 0 Å². The molecule has 0 aliphatic carbocycles. The van der Waals surface area contributed by atoms with Gasteiger partial charge >= 0.3 is 6.18 Å². The van der Waals surface area contributed by atoms with Crippen LogP contribution in [0, 0.1) is 0 Å². The minimum absolute atomic E-state index is 0.0315. The van der Waals surface area contributed by atoms with Crippen molar-refractivity contribution in [1.82, 2.24) is 24.8 Å². The van der Waals surface area contributed by atoms with Crippen molar-refractivity contribution in [3.8, 4) is 0 Å². The third-order valence-corrected chi connectivity index (χ3v) is 6.06. The second-order valence-corrected chi connectivity index (χ2v) is 8.23. The van der Waals surface area contributed by atoms with Gasteiger partial charge in [0.2, 0.25) is 0 Å². The largest absolute Gasteiger partial charge is 0.406 e. The van der Waals surface area contributed by atoms with E-state index in [1.54, 1.807) is 6.07 Å². The van der Waals surface area contributed by atoms with Gasteiger partial charge in [0.05, 0.1) is 5.52 Å². The molecule has 9 heteroatoms. The summed E-state index contributed by atoms with van der Waals surface area (Å²) in [4.78, 5) is 10.5. The zero-order valence-corrected chi connectivity index (χ0v) is 15.8. The molecule has 0 saturated carbocycles. The fourth-order valence-electron chi connectivity index (χ4n) is 4.68. The van der Waals surface area contributed by atoms with E-state index in [4.69, 9.17) is 11.6 Å². The van der Waals surface area contributed by atoms with E-state index >= 15 is 0 Å². The number of likely N-dealkylation sites (tertiary alicyclic amines) is 1. The Morgan fingerprint density at radius 2 is 2.04 bits per heavy atom. The van der Waals surface area contributed by atoms with Crippen molar-refractivity contribution >= 4 is 33.5 Å². The second-order valence-electron chi connectivity index (χ2n) is 7.87. The van der Waals surface area contributed by atoms with Crippen LogP contribution < -0.4 is 5.32 Å². The highest BCUT2D eigenvalue weighted by Crippen LogP contribution is 2.35. The molecular formula is C19H19ClF3N5. The minimum atomic E-state index is -4.36. The highest BCUT2D eigenvalue weighted by molar-refractivity contribution is 6.34. The van der Waals surface area contributed by atoms with Gasteiger partial charge in [0.25, 0.3) is 0 Å². The van der Waals surface area contributed by atoms with Gasteiger partial charge < -0.3 is 9.88 Å². The zero-order valence-electron chi connectivity index (χ0n) is 15.1. The molecule has 2 fully saturated rings. The van der Waals surface area contributed by atoms with Crippen LogP contribution in [-0.4, -0.2) is 50.8 Å². The number of nitrogens with one attached hydrogen (secondary N) is 1. The summed E-state index contributed by atoms with van der Waals surface area (Å²) < 4.78 is 40.6. The lowest BCUT2D eigenvalue weighted by molar-refractivity contribution is -0.139. The van der Waals surface area contributed by atoms with Crippen LogP contribution >= 0.6 is 11.6 Å². The molecule has 1 aromatic carbocycles. The van der Waals surface area contributed by atoms with Gasteiger partial charge in [-0.15, -0.1) is 0 Å². The molecule has 0 radical (unpaired) electrons. The quantitative estimate of drug-likeness (QED) is 0.669. The molecule has 2 saturated heterocycles. The predicted octanol–water partition coefficient (Wildman–Crippen LogP) is 3.74. The summed E-state index contributed by atoms with van der Waals surface area (Å²) in [5, 5.41) is 4.29. The Balaban J connectivity index is 1.51. The molecule has 2 aliphatic rings. The highest BCUT2D eigenvalue weighted by Gasteiger charge is 2.44. The van der Waals surface area contributed by atoms with E-state index in [2.05, 4.69) is 20.2 Å². The molecule has 28 heavy (non-hydrogen) atoms. The molecule has 1 spiro atoms. The predicted molar refractivity (Wildman–Crippen MR) is 101 cm³/mol. The Bertz CT molecular complexity index is 1050. The molecule has 148 valence electrons. The molecule has 5 rings (SSSR count). The maximum Gasteiger partial charge on any atom is 0.406 e. The Labute approximate surface area is 164 Å². The van der Waals surface area contributed by atoms with Crippen LogP contribution in [0.1, 0.15) is 18.4 Å². The average molecular weight is 410 g/mol. The first kappa shape index (κ1) is 18.1. The van der Waals surface area contributed by atoms with E-state index in [0.29, 0.717) is 16.4 Å². The first-order valence-electron chi connectivity index (χ1n) is 9.29. The Morgan fingerprint density at radius 1 is 1.21 bits per heavy atom. The van der Waals surface area contributed by atoms with Crippen molar-refractivity contribution in [2.75, 3.05) is 19.6 Å². The molecule has 3 aromatic rings. The molecule has 2 aliphatic heterocycles. The van der Waals surface area contributed by atoms with Gasteiger partial charge in [-0.25, -0.2) is 9.97 Å². The fourth-order valence-corrected chi connectivity index (χ4v) is 4.92. The highest BCUT2D eigenvalue weighted by atomic mass is 35.5. The Morgan fingerprint density at radius 3 is 2.75 bits per heavy atom. The molecular weight excluding hydrogens is 391 g/mol. The number of hydrogen-bond donors (Lipinski definition) is 1. The van der Waals surface area contributed by atoms with Gasteiger partial charge in [-0.3, -0.25) is 4.90 Å². The molecule has 5 nitrogen and oxygen atoms in total. The van der Waals surface area contributed by atoms with Gasteiger partial charge in [0.1, 0.15) is 23.9 Å². The average Bonchev–Trinajstić information content (AvgIpc) is 3.19. The van der Waals surface area contributed by atoms with Crippen molar-refractivity contribution < 1.29 is 13.2 Å². The monoisotopic (exact) mass is 409 g/mol. The van der Waals surface area contributed by atoms with E-state index in [1.165, 1.54) is 19.2 Å². The van der Waals surface area contributed by atoms with Gasteiger partial charge in [0, 0.05) is 30.6 Å². The lowest BCUT2D eigenvalue weighted by Gasteiger charge is -2.48. The summed E-state index contributed by atoms with van der Waals surface area (Å²) in [6.45, 7) is 2.74. The molecule has 4 heterocycles. The van der Waals surface area contributed by atoms with Crippen LogP contribution in [0.5, 0.6) is 0 Å². The summed E-state index contributed by atoms with van der Waals surface area (Å²) in [5.41, 5.74) is 2.48. The standard InChI is InChI=1S/C19H19ClF3N5/c20-17-16-15(24-11-25-17)13-6-12(2-3-14(13)28(16)10-19(21,22)23)7-27-8-18(9-27)4-1-5-26-18/h2-3,6,11,26H,1,4-5,7-10H2. The zero-order chi connectivity index (χ0) is 19.5. The van der Waals surface area contributed by atoms with Crippen molar-refractivity contribution in [2.24, 2.45) is 0 Å². The van der Waals surface area contributed by atoms with Crippen LogP contribution in [-0.2, 0) is 13.1 Å². The van der Waals surface area contributed by atoms with Gasteiger partial charge in [-0.1, -0.05) is 17.7 Å². The number of fused-ring (bicyclic) bond motifs is 3.